The number of carbonyl (C=O) groups is 1. The second kappa shape index (κ2) is 8.00. The lowest BCUT2D eigenvalue weighted by molar-refractivity contribution is 0.0212. The van der Waals surface area contributed by atoms with Gasteiger partial charge in [0.15, 0.2) is 0 Å². The van der Waals surface area contributed by atoms with E-state index in [1.165, 1.54) is 0 Å². The molecule has 0 saturated carbocycles. The van der Waals surface area contributed by atoms with Crippen molar-refractivity contribution >= 4 is 28.6 Å². The number of amides is 1. The van der Waals surface area contributed by atoms with Gasteiger partial charge in [-0.05, 0) is 57.4 Å². The van der Waals surface area contributed by atoms with Gasteiger partial charge in [0.2, 0.25) is 0 Å². The first-order chi connectivity index (χ1) is 14.7. The molecule has 0 spiro atoms. The zero-order valence-electron chi connectivity index (χ0n) is 18.1. The van der Waals surface area contributed by atoms with Crippen LogP contribution in [0, 0.1) is 5.92 Å². The van der Waals surface area contributed by atoms with Crippen LogP contribution in [-0.2, 0) is 4.74 Å². The van der Waals surface area contributed by atoms with Gasteiger partial charge in [-0.2, -0.15) is 0 Å². The molecule has 1 aromatic heterocycles. The van der Waals surface area contributed by atoms with Gasteiger partial charge in [-0.15, -0.1) is 0 Å². The molecule has 2 atom stereocenters. The summed E-state index contributed by atoms with van der Waals surface area (Å²) in [6.07, 6.45) is 0.284. The van der Waals surface area contributed by atoms with Crippen LogP contribution >= 0.6 is 11.6 Å². The van der Waals surface area contributed by atoms with Crippen molar-refractivity contribution in [3.8, 4) is 5.69 Å². The highest BCUT2D eigenvalue weighted by atomic mass is 35.5. The molecule has 1 amide bonds. The first-order valence-electron chi connectivity index (χ1n) is 10.4. The van der Waals surface area contributed by atoms with E-state index in [2.05, 4.69) is 6.92 Å². The molecule has 0 radical (unpaired) electrons. The minimum absolute atomic E-state index is 0.244. The van der Waals surface area contributed by atoms with Gasteiger partial charge < -0.3 is 4.74 Å². The summed E-state index contributed by atoms with van der Waals surface area (Å²) >= 11 is 6.37. The topological polar surface area (TPSA) is 64.4 Å². The number of rotatable bonds is 2. The molecule has 0 unspecified atom stereocenters. The SMILES string of the molecule is C[C@@H]1C[C@H](c2nc3cccc(Cl)c3c(=O)n2-c2ccccc2)N(C(=O)OC(C)(C)C)C1. The number of benzene rings is 2. The summed E-state index contributed by atoms with van der Waals surface area (Å²) in [5.41, 5.74) is 0.334. The lowest BCUT2D eigenvalue weighted by Crippen LogP contribution is -2.39. The third-order valence-electron chi connectivity index (χ3n) is 5.32. The highest BCUT2D eigenvalue weighted by Gasteiger charge is 2.39. The Morgan fingerprint density at radius 2 is 1.84 bits per heavy atom. The summed E-state index contributed by atoms with van der Waals surface area (Å²) in [5.74, 6) is 0.759. The van der Waals surface area contributed by atoms with Gasteiger partial charge in [0.05, 0.1) is 27.7 Å². The number of aromatic nitrogens is 2. The maximum atomic E-state index is 13.6. The Labute approximate surface area is 186 Å². The minimum Gasteiger partial charge on any atom is -0.444 e. The molecule has 0 bridgehead atoms. The van der Waals surface area contributed by atoms with Crippen LogP contribution in [0.15, 0.2) is 53.3 Å². The summed E-state index contributed by atoms with van der Waals surface area (Å²) in [6.45, 7) is 8.15. The number of halogens is 1. The maximum Gasteiger partial charge on any atom is 0.410 e. The van der Waals surface area contributed by atoms with Gasteiger partial charge in [0.1, 0.15) is 11.4 Å². The number of para-hydroxylation sites is 1. The fourth-order valence-electron chi connectivity index (χ4n) is 4.07. The van der Waals surface area contributed by atoms with Gasteiger partial charge in [0, 0.05) is 6.54 Å². The third-order valence-corrected chi connectivity index (χ3v) is 5.64. The number of hydrogen-bond donors (Lipinski definition) is 0. The van der Waals surface area contributed by atoms with E-state index in [-0.39, 0.29) is 17.5 Å². The van der Waals surface area contributed by atoms with Crippen molar-refractivity contribution < 1.29 is 9.53 Å². The molecule has 1 fully saturated rings. The fourth-order valence-corrected chi connectivity index (χ4v) is 4.32. The molecule has 6 nitrogen and oxygen atoms in total. The Balaban J connectivity index is 1.94. The summed E-state index contributed by atoms with van der Waals surface area (Å²) in [7, 11) is 0. The largest absolute Gasteiger partial charge is 0.444 e. The Morgan fingerprint density at radius 1 is 1.13 bits per heavy atom. The van der Waals surface area contributed by atoms with Crippen molar-refractivity contribution in [2.24, 2.45) is 5.92 Å². The molecular formula is C24H26ClN3O3. The normalized spacial score (nSPS) is 19.1. The summed E-state index contributed by atoms with van der Waals surface area (Å²) in [5, 5.41) is 0.724. The number of hydrogen-bond acceptors (Lipinski definition) is 4. The van der Waals surface area contributed by atoms with E-state index >= 15 is 0 Å². The van der Waals surface area contributed by atoms with Crippen molar-refractivity contribution in [2.45, 2.75) is 45.8 Å². The van der Waals surface area contributed by atoms with E-state index in [4.69, 9.17) is 21.3 Å². The molecule has 0 N–H and O–H groups in total. The zero-order valence-corrected chi connectivity index (χ0v) is 18.9. The Bertz CT molecular complexity index is 1180. The maximum absolute atomic E-state index is 13.6. The first kappa shape index (κ1) is 21.4. The standard InChI is InChI=1S/C24H26ClN3O3/c1-15-13-19(27(14-15)23(30)31-24(2,3)4)21-26-18-12-8-11-17(25)20(18)22(29)28(21)16-9-6-5-7-10-16/h5-12,15,19H,13-14H2,1-4H3/t15-,19-/m1/s1. The van der Waals surface area contributed by atoms with Crippen molar-refractivity contribution in [1.29, 1.82) is 0 Å². The van der Waals surface area contributed by atoms with Crippen molar-refractivity contribution in [3.05, 3.63) is 69.7 Å². The molecule has 2 heterocycles. The molecule has 7 heteroatoms. The molecular weight excluding hydrogens is 414 g/mol. The minimum atomic E-state index is -0.614. The first-order valence-corrected chi connectivity index (χ1v) is 10.8. The fraction of sp³-hybridized carbons (Fsp3) is 0.375. The summed E-state index contributed by atoms with van der Waals surface area (Å²) in [6, 6.07) is 14.2. The van der Waals surface area contributed by atoms with Crippen molar-refractivity contribution in [1.82, 2.24) is 14.5 Å². The molecule has 1 saturated heterocycles. The molecule has 31 heavy (non-hydrogen) atoms. The van der Waals surface area contributed by atoms with Crippen LogP contribution in [0.1, 0.15) is 46.0 Å². The van der Waals surface area contributed by atoms with E-state index in [1.54, 1.807) is 27.7 Å². The van der Waals surface area contributed by atoms with Crippen LogP contribution in [0.2, 0.25) is 5.02 Å². The Morgan fingerprint density at radius 3 is 2.52 bits per heavy atom. The van der Waals surface area contributed by atoms with E-state index in [0.717, 1.165) is 0 Å². The number of ether oxygens (including phenoxy) is 1. The van der Waals surface area contributed by atoms with E-state index in [1.807, 2.05) is 51.1 Å². The Kier molecular flexibility index (Phi) is 5.52. The van der Waals surface area contributed by atoms with Crippen LogP contribution in [-0.4, -0.2) is 32.7 Å². The molecule has 2 aromatic carbocycles. The van der Waals surface area contributed by atoms with Crippen molar-refractivity contribution in [3.63, 3.8) is 0 Å². The average molecular weight is 440 g/mol. The molecule has 4 rings (SSSR count). The lowest BCUT2D eigenvalue weighted by atomic mass is 10.1. The van der Waals surface area contributed by atoms with Crippen LogP contribution in [0.5, 0.6) is 0 Å². The third kappa shape index (κ3) is 4.17. The number of likely N-dealkylation sites (tertiary alicyclic amines) is 1. The highest BCUT2D eigenvalue weighted by Crippen LogP contribution is 2.36. The van der Waals surface area contributed by atoms with E-state index in [0.29, 0.717) is 40.4 Å². The smallest absolute Gasteiger partial charge is 0.410 e. The number of nitrogens with zero attached hydrogens (tertiary/aromatic N) is 3. The van der Waals surface area contributed by atoms with E-state index < -0.39 is 11.7 Å². The zero-order chi connectivity index (χ0) is 22.3. The van der Waals surface area contributed by atoms with Crippen LogP contribution in [0.3, 0.4) is 0 Å². The van der Waals surface area contributed by atoms with Crippen LogP contribution < -0.4 is 5.56 Å². The molecule has 3 aromatic rings. The van der Waals surface area contributed by atoms with Gasteiger partial charge in [-0.25, -0.2) is 9.78 Å². The van der Waals surface area contributed by atoms with Gasteiger partial charge in [0.25, 0.3) is 5.56 Å². The van der Waals surface area contributed by atoms with Gasteiger partial charge in [-0.1, -0.05) is 42.8 Å². The average Bonchev–Trinajstić information content (AvgIpc) is 3.09. The quantitative estimate of drug-likeness (QED) is 0.539. The number of carbonyl (C=O) groups excluding carboxylic acids is 1. The predicted molar refractivity (Wildman–Crippen MR) is 122 cm³/mol. The molecule has 0 aliphatic carbocycles. The molecule has 162 valence electrons. The monoisotopic (exact) mass is 439 g/mol. The summed E-state index contributed by atoms with van der Waals surface area (Å²) in [4.78, 5) is 33.2. The van der Waals surface area contributed by atoms with Crippen LogP contribution in [0.25, 0.3) is 16.6 Å². The predicted octanol–water partition coefficient (Wildman–Crippen LogP) is 5.36. The lowest BCUT2D eigenvalue weighted by Gasteiger charge is -2.29. The van der Waals surface area contributed by atoms with E-state index in [9.17, 15) is 9.59 Å². The van der Waals surface area contributed by atoms with Gasteiger partial charge >= 0.3 is 6.09 Å². The van der Waals surface area contributed by atoms with Gasteiger partial charge in [-0.3, -0.25) is 14.3 Å². The molecule has 1 aliphatic heterocycles. The Hall–Kier alpha value is -2.86. The number of fused-ring (bicyclic) bond motifs is 1. The van der Waals surface area contributed by atoms with Crippen LogP contribution in [0.4, 0.5) is 4.79 Å². The second-order valence-electron chi connectivity index (χ2n) is 9.07. The highest BCUT2D eigenvalue weighted by molar-refractivity contribution is 6.35. The molecule has 1 aliphatic rings. The second-order valence-corrected chi connectivity index (χ2v) is 9.48. The summed E-state index contributed by atoms with van der Waals surface area (Å²) < 4.78 is 7.23. The van der Waals surface area contributed by atoms with Crippen molar-refractivity contribution in [2.75, 3.05) is 6.54 Å².